The minimum atomic E-state index is 0.238. The van der Waals surface area contributed by atoms with Crippen LogP contribution in [0.4, 0.5) is 0 Å². The van der Waals surface area contributed by atoms with Gasteiger partial charge >= 0.3 is 0 Å². The third-order valence-electron chi connectivity index (χ3n) is 6.72. The van der Waals surface area contributed by atoms with Crippen molar-refractivity contribution in [2.75, 3.05) is 32.8 Å². The van der Waals surface area contributed by atoms with Crippen molar-refractivity contribution in [2.45, 2.75) is 69.8 Å². The average Bonchev–Trinajstić information content (AvgIpc) is 3.40. The van der Waals surface area contributed by atoms with Gasteiger partial charge in [-0.2, -0.15) is 5.48 Å². The van der Waals surface area contributed by atoms with Gasteiger partial charge in [0.2, 0.25) is 5.91 Å². The highest BCUT2D eigenvalue weighted by Crippen LogP contribution is 2.29. The normalized spacial score (nSPS) is 39.4. The number of hydrogen-bond acceptors (Lipinski definition) is 6. The lowest BCUT2D eigenvalue weighted by molar-refractivity contribution is -0.132. The number of amides is 1. The maximum Gasteiger partial charge on any atom is 0.222 e. The molecule has 0 aromatic carbocycles. The van der Waals surface area contributed by atoms with E-state index in [1.807, 2.05) is 11.8 Å². The van der Waals surface area contributed by atoms with Gasteiger partial charge in [-0.05, 0) is 44.6 Å². The summed E-state index contributed by atoms with van der Waals surface area (Å²) < 4.78 is 5.55. The molecule has 5 atom stereocenters. The van der Waals surface area contributed by atoms with E-state index in [9.17, 15) is 4.79 Å². The van der Waals surface area contributed by atoms with Crippen LogP contribution >= 0.6 is 0 Å². The topological polar surface area (TPSA) is 74.9 Å². The van der Waals surface area contributed by atoms with Crippen LogP contribution in [0.3, 0.4) is 0 Å². The molecule has 0 aromatic heterocycles. The molecule has 0 spiro atoms. The zero-order valence-electron chi connectivity index (χ0n) is 15.9. The quantitative estimate of drug-likeness (QED) is 0.677. The van der Waals surface area contributed by atoms with Crippen LogP contribution < -0.4 is 16.1 Å². The number of hydrogen-bond donors (Lipinski definition) is 3. The Morgan fingerprint density at radius 2 is 1.96 bits per heavy atom. The number of ether oxygens (including phenoxy) is 1. The van der Waals surface area contributed by atoms with Gasteiger partial charge < -0.3 is 15.0 Å². The van der Waals surface area contributed by atoms with Crippen LogP contribution in [0.2, 0.25) is 0 Å². The summed E-state index contributed by atoms with van der Waals surface area (Å²) in [7, 11) is 0. The first-order chi connectivity index (χ1) is 12.7. The Bertz CT molecular complexity index is 477. The van der Waals surface area contributed by atoms with Gasteiger partial charge in [0.25, 0.3) is 0 Å². The Labute approximate surface area is 156 Å². The van der Waals surface area contributed by atoms with Crippen LogP contribution in [0.15, 0.2) is 0 Å². The Hall–Kier alpha value is -0.730. The molecule has 4 rings (SSSR count). The summed E-state index contributed by atoms with van der Waals surface area (Å²) in [5.74, 6) is 1.47. The van der Waals surface area contributed by atoms with Crippen LogP contribution in [0.25, 0.3) is 0 Å². The standard InChI is InChI=1S/C19H34N4O3/c1-2-18(24)23-8-4-13(5-9-23)16-11-17(26-22-16)15-3-7-20-19(21-15)14-6-10-25-12-14/h13-17,19-22H,2-12H2,1H3. The van der Waals surface area contributed by atoms with Crippen LogP contribution in [0.1, 0.15) is 45.4 Å². The van der Waals surface area contributed by atoms with Gasteiger partial charge in [0, 0.05) is 44.1 Å². The molecule has 0 radical (unpaired) electrons. The molecular weight excluding hydrogens is 332 g/mol. The molecule has 5 unspecified atom stereocenters. The van der Waals surface area contributed by atoms with Gasteiger partial charge in [0.1, 0.15) is 0 Å². The van der Waals surface area contributed by atoms with E-state index in [0.717, 1.165) is 65.0 Å². The first kappa shape index (κ1) is 18.6. The lowest BCUT2D eigenvalue weighted by atomic mass is 9.85. The van der Waals surface area contributed by atoms with E-state index < -0.39 is 0 Å². The first-order valence-corrected chi connectivity index (χ1v) is 10.5. The molecule has 4 saturated heterocycles. The Morgan fingerprint density at radius 3 is 2.69 bits per heavy atom. The third-order valence-corrected chi connectivity index (χ3v) is 6.72. The summed E-state index contributed by atoms with van der Waals surface area (Å²) >= 11 is 0. The zero-order chi connectivity index (χ0) is 17.9. The predicted octanol–water partition coefficient (Wildman–Crippen LogP) is 0.611. The highest BCUT2D eigenvalue weighted by Gasteiger charge is 2.40. The van der Waals surface area contributed by atoms with E-state index in [4.69, 9.17) is 9.57 Å². The maximum absolute atomic E-state index is 11.9. The number of carbonyl (C=O) groups excluding carboxylic acids is 1. The fourth-order valence-electron chi connectivity index (χ4n) is 5.01. The van der Waals surface area contributed by atoms with Crippen molar-refractivity contribution in [3.8, 4) is 0 Å². The van der Waals surface area contributed by atoms with E-state index in [1.54, 1.807) is 0 Å². The number of rotatable bonds is 4. The van der Waals surface area contributed by atoms with Crippen molar-refractivity contribution in [2.24, 2.45) is 11.8 Å². The molecule has 7 heteroatoms. The molecule has 4 aliphatic rings. The number of nitrogens with one attached hydrogen (secondary N) is 3. The van der Waals surface area contributed by atoms with Gasteiger partial charge in [-0.25, -0.2) is 0 Å². The number of likely N-dealkylation sites (tertiary alicyclic amines) is 1. The maximum atomic E-state index is 11.9. The highest BCUT2D eigenvalue weighted by molar-refractivity contribution is 5.75. The van der Waals surface area contributed by atoms with Crippen LogP contribution in [-0.2, 0) is 14.4 Å². The number of nitrogens with zero attached hydrogens (tertiary/aromatic N) is 1. The van der Waals surface area contributed by atoms with Crippen LogP contribution in [0, 0.1) is 11.8 Å². The van der Waals surface area contributed by atoms with E-state index >= 15 is 0 Å². The molecule has 0 aliphatic carbocycles. The van der Waals surface area contributed by atoms with Crippen molar-refractivity contribution in [1.82, 2.24) is 21.0 Å². The Morgan fingerprint density at radius 1 is 1.12 bits per heavy atom. The molecular formula is C19H34N4O3. The van der Waals surface area contributed by atoms with Gasteiger partial charge in [-0.3, -0.25) is 14.9 Å². The van der Waals surface area contributed by atoms with Crippen molar-refractivity contribution in [1.29, 1.82) is 0 Å². The van der Waals surface area contributed by atoms with E-state index in [1.165, 1.54) is 0 Å². The molecule has 1 amide bonds. The number of hydroxylamine groups is 1. The van der Waals surface area contributed by atoms with Gasteiger partial charge in [0.05, 0.1) is 18.9 Å². The molecule has 7 nitrogen and oxygen atoms in total. The smallest absolute Gasteiger partial charge is 0.222 e. The van der Waals surface area contributed by atoms with Gasteiger partial charge in [-0.15, -0.1) is 0 Å². The van der Waals surface area contributed by atoms with Crippen LogP contribution in [-0.4, -0.2) is 68.0 Å². The predicted molar refractivity (Wildman–Crippen MR) is 98.3 cm³/mol. The molecule has 0 bridgehead atoms. The van der Waals surface area contributed by atoms with Gasteiger partial charge in [-0.1, -0.05) is 6.92 Å². The molecule has 26 heavy (non-hydrogen) atoms. The molecule has 4 heterocycles. The minimum absolute atomic E-state index is 0.238. The van der Waals surface area contributed by atoms with E-state index in [0.29, 0.717) is 36.5 Å². The second-order valence-corrected chi connectivity index (χ2v) is 8.31. The number of carbonyl (C=O) groups is 1. The molecule has 0 saturated carbocycles. The average molecular weight is 367 g/mol. The highest BCUT2D eigenvalue weighted by atomic mass is 16.7. The summed E-state index contributed by atoms with van der Waals surface area (Å²) in [6.45, 7) is 6.53. The van der Waals surface area contributed by atoms with E-state index in [2.05, 4.69) is 16.1 Å². The monoisotopic (exact) mass is 366 g/mol. The molecule has 4 aliphatic heterocycles. The lowest BCUT2D eigenvalue weighted by Gasteiger charge is -2.37. The summed E-state index contributed by atoms with van der Waals surface area (Å²) in [4.78, 5) is 19.9. The second-order valence-electron chi connectivity index (χ2n) is 8.31. The molecule has 3 N–H and O–H groups in total. The SMILES string of the molecule is CCC(=O)N1CCC(C2CC(C3CCNC(C4CCOC4)N3)ON2)CC1. The molecule has 4 fully saturated rings. The van der Waals surface area contributed by atoms with Gasteiger partial charge in [0.15, 0.2) is 0 Å². The fraction of sp³-hybridized carbons (Fsp3) is 0.947. The largest absolute Gasteiger partial charge is 0.381 e. The molecule has 148 valence electrons. The first-order valence-electron chi connectivity index (χ1n) is 10.5. The third kappa shape index (κ3) is 4.07. The van der Waals surface area contributed by atoms with Crippen molar-refractivity contribution in [3.05, 3.63) is 0 Å². The summed E-state index contributed by atoms with van der Waals surface area (Å²) in [5.41, 5.74) is 3.33. The second kappa shape index (κ2) is 8.52. The van der Waals surface area contributed by atoms with E-state index in [-0.39, 0.29) is 12.0 Å². The van der Waals surface area contributed by atoms with Crippen molar-refractivity contribution in [3.63, 3.8) is 0 Å². The fourth-order valence-corrected chi connectivity index (χ4v) is 5.01. The van der Waals surface area contributed by atoms with Crippen LogP contribution in [0.5, 0.6) is 0 Å². The summed E-state index contributed by atoms with van der Waals surface area (Å²) in [6.07, 6.45) is 6.68. The lowest BCUT2D eigenvalue weighted by Crippen LogP contribution is -2.60. The van der Waals surface area contributed by atoms with Crippen molar-refractivity contribution >= 4 is 5.91 Å². The Kier molecular flexibility index (Phi) is 6.10. The molecule has 0 aromatic rings. The zero-order valence-corrected chi connectivity index (χ0v) is 15.9. The summed E-state index contributed by atoms with van der Waals surface area (Å²) in [6, 6.07) is 0.824. The number of piperidine rings is 1. The minimum Gasteiger partial charge on any atom is -0.381 e. The van der Waals surface area contributed by atoms with Crippen molar-refractivity contribution < 1.29 is 14.4 Å². The Balaban J connectivity index is 1.25. The summed E-state index contributed by atoms with van der Waals surface area (Å²) in [5, 5.41) is 7.39.